The predicted molar refractivity (Wildman–Crippen MR) is 71.9 cm³/mol. The predicted octanol–water partition coefficient (Wildman–Crippen LogP) is 1.89. The molecule has 0 atom stereocenters. The van der Waals surface area contributed by atoms with E-state index < -0.39 is 0 Å². The molecule has 98 valence electrons. The second-order valence-electron chi connectivity index (χ2n) is 3.86. The van der Waals surface area contributed by atoms with Crippen LogP contribution in [0.2, 0.25) is 0 Å². The van der Waals surface area contributed by atoms with Gasteiger partial charge in [0.25, 0.3) is 0 Å². The van der Waals surface area contributed by atoms with Crippen molar-refractivity contribution in [3.05, 3.63) is 60.8 Å². The molecular formula is C14H15N3O2. The number of fused-ring (bicyclic) bond motifs is 1. The van der Waals surface area contributed by atoms with E-state index in [1.54, 1.807) is 0 Å². The first-order chi connectivity index (χ1) is 9.31. The third-order valence-corrected chi connectivity index (χ3v) is 2.54. The van der Waals surface area contributed by atoms with E-state index in [0.717, 1.165) is 10.2 Å². The van der Waals surface area contributed by atoms with Gasteiger partial charge in [0.05, 0.1) is 18.3 Å². The normalized spacial score (nSPS) is 9.95. The van der Waals surface area contributed by atoms with Crippen LogP contribution in [0.4, 0.5) is 0 Å². The van der Waals surface area contributed by atoms with Crippen LogP contribution in [0.5, 0.6) is 0 Å². The second kappa shape index (κ2) is 6.51. The van der Waals surface area contributed by atoms with Crippen molar-refractivity contribution in [2.45, 2.75) is 6.42 Å². The highest BCUT2D eigenvalue weighted by atomic mass is 16.5. The summed E-state index contributed by atoms with van der Waals surface area (Å²) in [5, 5.41) is 18.4. The molecule has 0 spiro atoms. The molecule has 0 amide bonds. The SMILES string of the molecule is OCCc1nccn1O.c1ccc2ncccc2c1. The number of aromatic nitrogens is 3. The molecule has 5 nitrogen and oxygen atoms in total. The minimum atomic E-state index is 0.0115. The molecule has 2 aromatic heterocycles. The van der Waals surface area contributed by atoms with Crippen molar-refractivity contribution in [3.8, 4) is 0 Å². The highest BCUT2D eigenvalue weighted by Gasteiger charge is 1.97. The fourth-order valence-electron chi connectivity index (χ4n) is 1.62. The number of nitrogens with zero attached hydrogens (tertiary/aromatic N) is 3. The van der Waals surface area contributed by atoms with Crippen LogP contribution in [0.15, 0.2) is 55.0 Å². The third-order valence-electron chi connectivity index (χ3n) is 2.54. The van der Waals surface area contributed by atoms with Gasteiger partial charge < -0.3 is 10.3 Å². The van der Waals surface area contributed by atoms with E-state index in [9.17, 15) is 0 Å². The molecule has 3 aromatic rings. The molecule has 0 aliphatic heterocycles. The van der Waals surface area contributed by atoms with Crippen molar-refractivity contribution in [2.75, 3.05) is 6.61 Å². The highest BCUT2D eigenvalue weighted by molar-refractivity contribution is 5.77. The summed E-state index contributed by atoms with van der Waals surface area (Å²) >= 11 is 0. The number of para-hydroxylation sites is 1. The fraction of sp³-hybridized carbons (Fsp3) is 0.143. The van der Waals surface area contributed by atoms with Crippen molar-refractivity contribution < 1.29 is 10.3 Å². The largest absolute Gasteiger partial charge is 0.427 e. The Morgan fingerprint density at radius 3 is 2.47 bits per heavy atom. The van der Waals surface area contributed by atoms with Crippen LogP contribution in [0.3, 0.4) is 0 Å². The molecule has 19 heavy (non-hydrogen) atoms. The molecule has 0 saturated heterocycles. The minimum Gasteiger partial charge on any atom is -0.427 e. The van der Waals surface area contributed by atoms with Crippen LogP contribution in [-0.2, 0) is 6.42 Å². The van der Waals surface area contributed by atoms with E-state index in [1.807, 2.05) is 30.5 Å². The lowest BCUT2D eigenvalue weighted by atomic mass is 10.2. The zero-order chi connectivity index (χ0) is 13.5. The zero-order valence-electron chi connectivity index (χ0n) is 10.3. The molecular weight excluding hydrogens is 242 g/mol. The fourth-order valence-corrected chi connectivity index (χ4v) is 1.62. The molecule has 0 saturated carbocycles. The molecule has 0 fully saturated rings. The summed E-state index contributed by atoms with van der Waals surface area (Å²) < 4.78 is 0.899. The van der Waals surface area contributed by atoms with Crippen LogP contribution in [0.1, 0.15) is 5.82 Å². The third kappa shape index (κ3) is 3.53. The summed E-state index contributed by atoms with van der Waals surface area (Å²) in [6.45, 7) is 0.0115. The summed E-state index contributed by atoms with van der Waals surface area (Å²) in [6.07, 6.45) is 5.10. The van der Waals surface area contributed by atoms with Crippen molar-refractivity contribution in [2.24, 2.45) is 0 Å². The second-order valence-corrected chi connectivity index (χ2v) is 3.86. The van der Waals surface area contributed by atoms with Gasteiger partial charge >= 0.3 is 0 Å². The zero-order valence-corrected chi connectivity index (χ0v) is 10.3. The Balaban J connectivity index is 0.000000141. The lowest BCUT2D eigenvalue weighted by Gasteiger charge is -1.94. The first-order valence-electron chi connectivity index (χ1n) is 5.93. The molecule has 0 radical (unpaired) electrons. The number of aliphatic hydroxyl groups excluding tert-OH is 1. The van der Waals surface area contributed by atoms with Gasteiger partial charge in [-0.15, -0.1) is 0 Å². The summed E-state index contributed by atoms with van der Waals surface area (Å²) in [6, 6.07) is 12.1. The Morgan fingerprint density at radius 2 is 1.79 bits per heavy atom. The number of hydrogen-bond donors (Lipinski definition) is 2. The van der Waals surface area contributed by atoms with Gasteiger partial charge in [0, 0.05) is 24.2 Å². The van der Waals surface area contributed by atoms with Crippen LogP contribution < -0.4 is 0 Å². The molecule has 3 rings (SSSR count). The van der Waals surface area contributed by atoms with E-state index in [4.69, 9.17) is 10.3 Å². The monoisotopic (exact) mass is 257 g/mol. The summed E-state index contributed by atoms with van der Waals surface area (Å²) in [7, 11) is 0. The van der Waals surface area contributed by atoms with Crippen LogP contribution in [0.25, 0.3) is 10.9 Å². The number of benzene rings is 1. The van der Waals surface area contributed by atoms with Crippen molar-refractivity contribution in [3.63, 3.8) is 0 Å². The Kier molecular flexibility index (Phi) is 4.47. The van der Waals surface area contributed by atoms with Crippen molar-refractivity contribution >= 4 is 10.9 Å². The van der Waals surface area contributed by atoms with E-state index in [1.165, 1.54) is 17.8 Å². The van der Waals surface area contributed by atoms with Gasteiger partial charge in [0.15, 0.2) is 0 Å². The number of imidazole rings is 1. The first kappa shape index (κ1) is 13.0. The summed E-state index contributed by atoms with van der Waals surface area (Å²) in [5.74, 6) is 0.484. The van der Waals surface area contributed by atoms with Gasteiger partial charge in [0.2, 0.25) is 0 Å². The molecule has 0 aliphatic rings. The molecule has 5 heteroatoms. The smallest absolute Gasteiger partial charge is 0.146 e. The van der Waals surface area contributed by atoms with Crippen LogP contribution in [0, 0.1) is 0 Å². The van der Waals surface area contributed by atoms with Gasteiger partial charge in [-0.05, 0) is 12.1 Å². The van der Waals surface area contributed by atoms with E-state index >= 15 is 0 Å². The van der Waals surface area contributed by atoms with Crippen molar-refractivity contribution in [1.29, 1.82) is 0 Å². The molecule has 0 bridgehead atoms. The molecule has 2 heterocycles. The Bertz CT molecular complexity index is 572. The van der Waals surface area contributed by atoms with Crippen molar-refractivity contribution in [1.82, 2.24) is 14.7 Å². The Hall–Kier alpha value is -2.40. The molecule has 1 aromatic carbocycles. The first-order valence-corrected chi connectivity index (χ1v) is 5.93. The number of aliphatic hydroxyl groups is 1. The van der Waals surface area contributed by atoms with E-state index in [0.29, 0.717) is 12.2 Å². The number of hydrogen-bond acceptors (Lipinski definition) is 4. The maximum Gasteiger partial charge on any atom is 0.146 e. The average molecular weight is 257 g/mol. The maximum atomic E-state index is 8.82. The minimum absolute atomic E-state index is 0.0115. The Morgan fingerprint density at radius 1 is 1.00 bits per heavy atom. The van der Waals surface area contributed by atoms with Gasteiger partial charge in [-0.25, -0.2) is 4.98 Å². The molecule has 2 N–H and O–H groups in total. The standard InChI is InChI=1S/C9H7N.C5H8N2O2/c1-2-6-9-8(4-1)5-3-7-10-9;8-4-1-5-6-2-3-7(5)9/h1-7H;2-3,8-9H,1,4H2. The number of pyridine rings is 1. The average Bonchev–Trinajstić information content (AvgIpc) is 2.86. The van der Waals surface area contributed by atoms with Gasteiger partial charge in [-0.3, -0.25) is 4.98 Å². The van der Waals surface area contributed by atoms with Gasteiger partial charge in [-0.1, -0.05) is 24.3 Å². The van der Waals surface area contributed by atoms with Crippen LogP contribution in [-0.4, -0.2) is 31.6 Å². The van der Waals surface area contributed by atoms with E-state index in [-0.39, 0.29) is 6.61 Å². The molecule has 0 aliphatic carbocycles. The van der Waals surface area contributed by atoms with Gasteiger partial charge in [-0.2, -0.15) is 4.73 Å². The summed E-state index contributed by atoms with van der Waals surface area (Å²) in [4.78, 5) is 7.94. The highest BCUT2D eigenvalue weighted by Crippen LogP contribution is 2.07. The van der Waals surface area contributed by atoms with Crippen LogP contribution >= 0.6 is 0 Å². The van der Waals surface area contributed by atoms with E-state index in [2.05, 4.69) is 22.1 Å². The quantitative estimate of drug-likeness (QED) is 0.688. The Labute approximate surface area is 110 Å². The maximum absolute atomic E-state index is 8.82. The molecule has 0 unspecified atom stereocenters. The number of rotatable bonds is 2. The van der Waals surface area contributed by atoms with Gasteiger partial charge in [0.1, 0.15) is 5.82 Å². The summed E-state index contributed by atoms with van der Waals surface area (Å²) in [5.41, 5.74) is 1.06. The lowest BCUT2D eigenvalue weighted by Crippen LogP contribution is -2.00. The lowest BCUT2D eigenvalue weighted by molar-refractivity contribution is 0.170. The topological polar surface area (TPSA) is 71.2 Å².